The molecule has 2 atom stereocenters. The number of nitrogens with zero attached hydrogens (tertiary/aromatic N) is 2. The number of amidine groups is 1. The first-order valence-electron chi connectivity index (χ1n) is 9.90. The van der Waals surface area contributed by atoms with Gasteiger partial charge in [-0.15, -0.1) is 0 Å². The minimum atomic E-state index is -4.60. The Labute approximate surface area is 186 Å². The Hall–Kier alpha value is -2.63. The summed E-state index contributed by atoms with van der Waals surface area (Å²) in [5.74, 6) is -0.314. The summed E-state index contributed by atoms with van der Waals surface area (Å²) in [6.07, 6.45) is -6.08. The maximum Gasteiger partial charge on any atom is 0.437 e. The second-order valence-electron chi connectivity index (χ2n) is 7.55. The van der Waals surface area contributed by atoms with E-state index in [9.17, 15) is 21.9 Å². The molecule has 11 heteroatoms. The molecule has 0 aliphatic carbocycles. The number of aliphatic imine (C=N–C) groups is 1. The Bertz CT molecular complexity index is 1000. The van der Waals surface area contributed by atoms with E-state index in [2.05, 4.69) is 25.5 Å². The summed E-state index contributed by atoms with van der Waals surface area (Å²) < 4.78 is 51.0. The highest BCUT2D eigenvalue weighted by Gasteiger charge is 2.44. The summed E-state index contributed by atoms with van der Waals surface area (Å²) in [6.45, 7) is 2.03. The van der Waals surface area contributed by atoms with Gasteiger partial charge in [-0.3, -0.25) is 9.69 Å². The second-order valence-corrected chi connectivity index (χ2v) is 8.14. The zero-order valence-corrected chi connectivity index (χ0v) is 17.5. The van der Waals surface area contributed by atoms with Gasteiger partial charge in [-0.05, 0) is 30.2 Å². The van der Waals surface area contributed by atoms with Gasteiger partial charge < -0.3 is 5.32 Å². The summed E-state index contributed by atoms with van der Waals surface area (Å²) >= 11 is 0.226. The fraction of sp³-hybridized carbons (Fsp3) is 0.333. The largest absolute Gasteiger partial charge is 0.437 e. The molecular formula is C21H20F4N4O2S. The lowest BCUT2D eigenvalue weighted by Crippen LogP contribution is -2.37. The highest BCUT2D eigenvalue weighted by molar-refractivity contribution is 7.94. The molecule has 0 aromatic heterocycles. The lowest BCUT2D eigenvalue weighted by Gasteiger charge is -2.18. The molecule has 0 saturated carbocycles. The van der Waals surface area contributed by atoms with Crippen molar-refractivity contribution in [1.29, 1.82) is 0 Å². The number of nitrogens with one attached hydrogen (secondary N) is 2. The number of carbonyl (C=O) groups excluding carboxylic acids is 1. The average molecular weight is 468 g/mol. The SMILES string of the molecule is O=C(NC1CCN(Cc2ccccc2SF)C1)c1ccc(C2=NC(C(F)(F)F)ON2)cc1. The molecule has 32 heavy (non-hydrogen) atoms. The monoisotopic (exact) mass is 468 g/mol. The van der Waals surface area contributed by atoms with Crippen LogP contribution in [-0.4, -0.2) is 48.2 Å². The van der Waals surface area contributed by atoms with E-state index in [1.165, 1.54) is 24.3 Å². The van der Waals surface area contributed by atoms with E-state index >= 15 is 0 Å². The predicted molar refractivity (Wildman–Crippen MR) is 112 cm³/mol. The first-order chi connectivity index (χ1) is 15.3. The van der Waals surface area contributed by atoms with E-state index in [4.69, 9.17) is 0 Å². The number of benzene rings is 2. The number of rotatable bonds is 6. The van der Waals surface area contributed by atoms with E-state index in [1.54, 1.807) is 12.1 Å². The Kier molecular flexibility index (Phi) is 6.68. The highest BCUT2D eigenvalue weighted by Crippen LogP contribution is 2.27. The average Bonchev–Trinajstić information content (AvgIpc) is 3.44. The molecule has 2 aliphatic heterocycles. The number of amides is 1. The van der Waals surface area contributed by atoms with Crippen LogP contribution in [-0.2, 0) is 11.4 Å². The number of carbonyl (C=O) groups is 1. The number of hydroxylamine groups is 1. The smallest absolute Gasteiger partial charge is 0.348 e. The molecule has 1 fully saturated rings. The van der Waals surface area contributed by atoms with E-state index in [0.29, 0.717) is 29.1 Å². The molecule has 0 radical (unpaired) electrons. The van der Waals surface area contributed by atoms with E-state index in [0.717, 1.165) is 18.5 Å². The lowest BCUT2D eigenvalue weighted by atomic mass is 10.1. The van der Waals surface area contributed by atoms with Crippen molar-refractivity contribution in [3.05, 3.63) is 65.2 Å². The molecule has 0 spiro atoms. The summed E-state index contributed by atoms with van der Waals surface area (Å²) in [7, 11) is 0. The fourth-order valence-corrected chi connectivity index (χ4v) is 4.01. The first kappa shape index (κ1) is 22.6. The summed E-state index contributed by atoms with van der Waals surface area (Å²) in [5, 5.41) is 2.98. The van der Waals surface area contributed by atoms with Crippen LogP contribution in [0.15, 0.2) is 58.4 Å². The molecule has 1 saturated heterocycles. The molecule has 6 nitrogen and oxygen atoms in total. The Morgan fingerprint density at radius 3 is 2.66 bits per heavy atom. The van der Waals surface area contributed by atoms with Crippen LogP contribution in [0, 0.1) is 0 Å². The normalized spacial score (nSPS) is 21.3. The van der Waals surface area contributed by atoms with Crippen LogP contribution in [0.4, 0.5) is 17.1 Å². The highest BCUT2D eigenvalue weighted by atomic mass is 32.2. The first-order valence-corrected chi connectivity index (χ1v) is 10.6. The van der Waals surface area contributed by atoms with Crippen LogP contribution in [0.2, 0.25) is 0 Å². The van der Waals surface area contributed by atoms with Crippen LogP contribution in [0.25, 0.3) is 0 Å². The van der Waals surface area contributed by atoms with E-state index in [1.807, 2.05) is 12.1 Å². The van der Waals surface area contributed by atoms with Crippen LogP contribution in [0.3, 0.4) is 0 Å². The molecule has 4 rings (SSSR count). The van der Waals surface area contributed by atoms with Gasteiger partial charge in [0.2, 0.25) is 0 Å². The third-order valence-electron chi connectivity index (χ3n) is 5.27. The second kappa shape index (κ2) is 9.47. The topological polar surface area (TPSA) is 66.0 Å². The van der Waals surface area contributed by atoms with Crippen molar-refractivity contribution in [3.8, 4) is 0 Å². The van der Waals surface area contributed by atoms with Gasteiger partial charge in [0.1, 0.15) is 0 Å². The van der Waals surface area contributed by atoms with Gasteiger partial charge >= 0.3 is 6.18 Å². The van der Waals surface area contributed by atoms with Gasteiger partial charge in [-0.2, -0.15) is 17.1 Å². The quantitative estimate of drug-likeness (QED) is 0.631. The number of hydrogen-bond donors (Lipinski definition) is 2. The minimum Gasteiger partial charge on any atom is -0.348 e. The maximum atomic E-state index is 13.1. The maximum absolute atomic E-state index is 13.1. The van der Waals surface area contributed by atoms with E-state index < -0.39 is 12.4 Å². The Morgan fingerprint density at radius 1 is 1.22 bits per heavy atom. The third kappa shape index (κ3) is 5.22. The lowest BCUT2D eigenvalue weighted by molar-refractivity contribution is -0.220. The molecule has 2 aromatic rings. The van der Waals surface area contributed by atoms with Gasteiger partial charge in [0.15, 0.2) is 5.84 Å². The molecule has 170 valence electrons. The molecular weight excluding hydrogens is 448 g/mol. The summed E-state index contributed by atoms with van der Waals surface area (Å²) in [4.78, 5) is 23.2. The zero-order valence-electron chi connectivity index (χ0n) is 16.7. The fourth-order valence-electron chi connectivity index (χ4n) is 3.65. The van der Waals surface area contributed by atoms with Gasteiger partial charge in [0.25, 0.3) is 12.1 Å². The molecule has 2 heterocycles. The zero-order chi connectivity index (χ0) is 22.7. The van der Waals surface area contributed by atoms with Crippen LogP contribution >= 0.6 is 12.1 Å². The third-order valence-corrected chi connectivity index (χ3v) is 5.84. The molecule has 2 aromatic carbocycles. The summed E-state index contributed by atoms with van der Waals surface area (Å²) in [5.41, 5.74) is 3.84. The van der Waals surface area contributed by atoms with E-state index in [-0.39, 0.29) is 29.9 Å². The summed E-state index contributed by atoms with van der Waals surface area (Å²) in [6, 6.07) is 13.3. The molecule has 2 N–H and O–H groups in total. The molecule has 2 aliphatic rings. The van der Waals surface area contributed by atoms with Gasteiger partial charge in [-0.1, -0.05) is 30.3 Å². The van der Waals surface area contributed by atoms with Crippen molar-refractivity contribution in [2.75, 3.05) is 13.1 Å². The number of likely N-dealkylation sites (tertiary alicyclic amines) is 1. The predicted octanol–water partition coefficient (Wildman–Crippen LogP) is 3.84. The van der Waals surface area contributed by atoms with Crippen LogP contribution in [0.1, 0.15) is 27.9 Å². The molecule has 1 amide bonds. The van der Waals surface area contributed by atoms with Crippen molar-refractivity contribution in [3.63, 3.8) is 0 Å². The van der Waals surface area contributed by atoms with Gasteiger partial charge in [-0.25, -0.2) is 15.3 Å². The number of alkyl halides is 3. The van der Waals surface area contributed by atoms with Crippen molar-refractivity contribution in [2.45, 2.75) is 36.3 Å². The van der Waals surface area contributed by atoms with Crippen molar-refractivity contribution >= 4 is 23.9 Å². The Morgan fingerprint density at radius 2 is 1.97 bits per heavy atom. The van der Waals surface area contributed by atoms with Crippen LogP contribution in [0.5, 0.6) is 0 Å². The van der Waals surface area contributed by atoms with Crippen LogP contribution < -0.4 is 10.8 Å². The Balaban J connectivity index is 1.32. The van der Waals surface area contributed by atoms with Crippen molar-refractivity contribution in [1.82, 2.24) is 15.7 Å². The van der Waals surface area contributed by atoms with Crippen molar-refractivity contribution < 1.29 is 26.7 Å². The number of halogens is 4. The minimum absolute atomic E-state index is 0.0440. The molecule has 0 bridgehead atoms. The molecule has 2 unspecified atom stereocenters. The van der Waals surface area contributed by atoms with Gasteiger partial charge in [0, 0.05) is 41.7 Å². The van der Waals surface area contributed by atoms with Crippen molar-refractivity contribution in [2.24, 2.45) is 4.99 Å². The standard InChI is InChI=1S/C21H20F4N4O2S/c22-21(23,24)20-27-18(28-31-20)13-5-7-14(8-6-13)19(30)26-16-9-10-29(12-16)11-15-3-1-2-4-17(15)32-25/h1-8,16,20H,9-12H2,(H,26,30)(H,27,28). The van der Waals surface area contributed by atoms with Gasteiger partial charge in [0.05, 0.1) is 12.1 Å². The number of hydrogen-bond acceptors (Lipinski definition) is 6.